The monoisotopic (exact) mass is 385 g/mol. The Labute approximate surface area is 163 Å². The molecule has 3 aromatic rings. The molecule has 0 heterocycles. The molecule has 0 aromatic heterocycles. The lowest BCUT2D eigenvalue weighted by Crippen LogP contribution is -2.02. The van der Waals surface area contributed by atoms with E-state index >= 15 is 0 Å². The van der Waals surface area contributed by atoms with Crippen molar-refractivity contribution in [1.82, 2.24) is 0 Å². The van der Waals surface area contributed by atoms with E-state index in [0.717, 1.165) is 16.8 Å². The molecule has 0 aliphatic carbocycles. The number of benzene rings is 3. The van der Waals surface area contributed by atoms with Gasteiger partial charge in [-0.05, 0) is 54.4 Å². The van der Waals surface area contributed by atoms with Crippen LogP contribution >= 0.6 is 11.6 Å². The molecule has 0 amide bonds. The zero-order valence-electron chi connectivity index (χ0n) is 15.3. The second-order valence-corrected chi connectivity index (χ2v) is 6.65. The molecule has 0 unspecified atom stereocenters. The Hall–Kier alpha value is -2.72. The zero-order valence-corrected chi connectivity index (χ0v) is 16.0. The summed E-state index contributed by atoms with van der Waals surface area (Å²) in [5.74, 6) is 0.757. The minimum absolute atomic E-state index is 0.275. The van der Waals surface area contributed by atoms with Crippen LogP contribution in [-0.4, -0.2) is 7.11 Å². The average Bonchev–Trinajstić information content (AvgIpc) is 2.67. The number of anilines is 1. The van der Waals surface area contributed by atoms with Gasteiger partial charge >= 0.3 is 0 Å². The Morgan fingerprint density at radius 1 is 0.963 bits per heavy atom. The number of hydrogen-bond acceptors (Lipinski definition) is 3. The normalized spacial score (nSPS) is 10.5. The van der Waals surface area contributed by atoms with Gasteiger partial charge in [0.25, 0.3) is 0 Å². The predicted octanol–water partition coefficient (Wildman–Crippen LogP) is 5.99. The topological polar surface area (TPSA) is 30.5 Å². The molecule has 140 valence electrons. The first kappa shape index (κ1) is 19.1. The van der Waals surface area contributed by atoms with Gasteiger partial charge in [0, 0.05) is 12.2 Å². The number of hydrogen-bond donors (Lipinski definition) is 1. The van der Waals surface area contributed by atoms with E-state index in [1.165, 1.54) is 17.7 Å². The van der Waals surface area contributed by atoms with E-state index in [4.69, 9.17) is 21.1 Å². The van der Waals surface area contributed by atoms with E-state index in [1.807, 2.05) is 24.3 Å². The average molecular weight is 386 g/mol. The lowest BCUT2D eigenvalue weighted by Gasteiger charge is -2.15. The van der Waals surface area contributed by atoms with Gasteiger partial charge < -0.3 is 14.8 Å². The predicted molar refractivity (Wildman–Crippen MR) is 107 cm³/mol. The Bertz CT molecular complexity index is 895. The minimum Gasteiger partial charge on any atom is -0.493 e. The van der Waals surface area contributed by atoms with Gasteiger partial charge in [0.05, 0.1) is 12.1 Å². The molecular formula is C22H21ClFNO2. The Morgan fingerprint density at radius 3 is 2.33 bits per heavy atom. The number of halogens is 2. The van der Waals surface area contributed by atoms with Crippen molar-refractivity contribution in [2.24, 2.45) is 0 Å². The van der Waals surface area contributed by atoms with E-state index in [-0.39, 0.29) is 12.4 Å². The molecule has 0 aliphatic heterocycles. The molecule has 0 atom stereocenters. The largest absolute Gasteiger partial charge is 0.493 e. The van der Waals surface area contributed by atoms with Crippen molar-refractivity contribution in [3.05, 3.63) is 88.2 Å². The van der Waals surface area contributed by atoms with Crippen LogP contribution in [0, 0.1) is 12.7 Å². The summed E-state index contributed by atoms with van der Waals surface area (Å²) in [6, 6.07) is 18.1. The third-order valence-electron chi connectivity index (χ3n) is 4.13. The van der Waals surface area contributed by atoms with Crippen molar-refractivity contribution in [2.75, 3.05) is 12.4 Å². The molecule has 0 saturated heterocycles. The van der Waals surface area contributed by atoms with Crippen LogP contribution in [-0.2, 0) is 13.2 Å². The van der Waals surface area contributed by atoms with Gasteiger partial charge in [-0.2, -0.15) is 0 Å². The van der Waals surface area contributed by atoms with Crippen molar-refractivity contribution >= 4 is 17.3 Å². The summed E-state index contributed by atoms with van der Waals surface area (Å²) in [7, 11) is 1.58. The smallest absolute Gasteiger partial charge is 0.180 e. The highest BCUT2D eigenvalue weighted by atomic mass is 35.5. The van der Waals surface area contributed by atoms with E-state index in [9.17, 15) is 4.39 Å². The molecule has 5 heteroatoms. The van der Waals surface area contributed by atoms with E-state index < -0.39 is 0 Å². The van der Waals surface area contributed by atoms with Crippen molar-refractivity contribution in [1.29, 1.82) is 0 Å². The first-order valence-electron chi connectivity index (χ1n) is 8.59. The summed E-state index contributed by atoms with van der Waals surface area (Å²) in [4.78, 5) is 0. The molecule has 0 fully saturated rings. The van der Waals surface area contributed by atoms with Crippen LogP contribution < -0.4 is 14.8 Å². The van der Waals surface area contributed by atoms with Crippen LogP contribution in [0.3, 0.4) is 0 Å². The fourth-order valence-corrected chi connectivity index (χ4v) is 2.91. The van der Waals surface area contributed by atoms with E-state index in [2.05, 4.69) is 24.4 Å². The summed E-state index contributed by atoms with van der Waals surface area (Å²) in [5, 5.41) is 3.83. The fourth-order valence-electron chi connectivity index (χ4n) is 2.63. The van der Waals surface area contributed by atoms with Gasteiger partial charge in [-0.1, -0.05) is 41.4 Å². The second-order valence-electron chi connectivity index (χ2n) is 6.24. The molecule has 0 radical (unpaired) electrons. The van der Waals surface area contributed by atoms with Crippen molar-refractivity contribution in [2.45, 2.75) is 20.1 Å². The molecule has 0 saturated carbocycles. The molecule has 1 N–H and O–H groups in total. The van der Waals surface area contributed by atoms with Gasteiger partial charge in [-0.25, -0.2) is 4.39 Å². The number of methoxy groups -OCH3 is 1. The zero-order chi connectivity index (χ0) is 19.2. The van der Waals surface area contributed by atoms with Crippen LogP contribution in [0.25, 0.3) is 0 Å². The number of aryl methyl sites for hydroxylation is 1. The fraction of sp³-hybridized carbons (Fsp3) is 0.182. The maximum absolute atomic E-state index is 13.0. The van der Waals surface area contributed by atoms with Crippen molar-refractivity contribution < 1.29 is 13.9 Å². The van der Waals surface area contributed by atoms with Gasteiger partial charge in [0.1, 0.15) is 12.4 Å². The Morgan fingerprint density at radius 2 is 1.67 bits per heavy atom. The molecular weight excluding hydrogens is 365 g/mol. The quantitative estimate of drug-likeness (QED) is 0.542. The molecule has 0 bridgehead atoms. The highest BCUT2D eigenvalue weighted by Gasteiger charge is 2.12. The molecule has 3 rings (SSSR count). The number of nitrogens with one attached hydrogen (secondary N) is 1. The van der Waals surface area contributed by atoms with Crippen molar-refractivity contribution in [3.63, 3.8) is 0 Å². The lowest BCUT2D eigenvalue weighted by atomic mass is 10.1. The van der Waals surface area contributed by atoms with Gasteiger partial charge in [0.2, 0.25) is 0 Å². The van der Waals surface area contributed by atoms with Gasteiger partial charge in [0.15, 0.2) is 11.5 Å². The van der Waals surface area contributed by atoms with Crippen LogP contribution in [0.4, 0.5) is 10.1 Å². The summed E-state index contributed by atoms with van der Waals surface area (Å²) in [5.41, 5.74) is 4.08. The van der Waals surface area contributed by atoms with Crippen molar-refractivity contribution in [3.8, 4) is 11.5 Å². The highest BCUT2D eigenvalue weighted by Crippen LogP contribution is 2.37. The Kier molecular flexibility index (Phi) is 6.20. The first-order valence-corrected chi connectivity index (χ1v) is 8.97. The van der Waals surface area contributed by atoms with Gasteiger partial charge in [-0.15, -0.1) is 0 Å². The SMILES string of the molecule is COc1cc(CNc2ccc(C)cc2)cc(Cl)c1OCc1ccc(F)cc1. The van der Waals surface area contributed by atoms with Gasteiger partial charge in [-0.3, -0.25) is 0 Å². The maximum atomic E-state index is 13.0. The summed E-state index contributed by atoms with van der Waals surface area (Å²) in [6.07, 6.45) is 0. The van der Waals surface area contributed by atoms with Crippen LogP contribution in [0.1, 0.15) is 16.7 Å². The standard InChI is InChI=1S/C22H21ClFNO2/c1-15-3-9-19(10-4-15)25-13-17-11-20(23)22(21(12-17)26-2)27-14-16-5-7-18(24)8-6-16/h3-12,25H,13-14H2,1-2H3. The number of ether oxygens (including phenoxy) is 2. The summed E-state index contributed by atoms with van der Waals surface area (Å²) < 4.78 is 24.3. The summed E-state index contributed by atoms with van der Waals surface area (Å²) >= 11 is 6.41. The molecule has 0 aliphatic rings. The maximum Gasteiger partial charge on any atom is 0.180 e. The minimum atomic E-state index is -0.278. The molecule has 3 aromatic carbocycles. The lowest BCUT2D eigenvalue weighted by molar-refractivity contribution is 0.284. The van der Waals surface area contributed by atoms with Crippen LogP contribution in [0.15, 0.2) is 60.7 Å². The third-order valence-corrected chi connectivity index (χ3v) is 4.41. The Balaban J connectivity index is 1.70. The van der Waals surface area contributed by atoms with Crippen LogP contribution in [0.2, 0.25) is 5.02 Å². The molecule has 27 heavy (non-hydrogen) atoms. The third kappa shape index (κ3) is 5.14. The second kappa shape index (κ2) is 8.78. The highest BCUT2D eigenvalue weighted by molar-refractivity contribution is 6.32. The number of rotatable bonds is 7. The van der Waals surface area contributed by atoms with Crippen LogP contribution in [0.5, 0.6) is 11.5 Å². The van der Waals surface area contributed by atoms with E-state index in [0.29, 0.717) is 23.1 Å². The molecule has 0 spiro atoms. The first-order chi connectivity index (χ1) is 13.0. The van der Waals surface area contributed by atoms with E-state index in [1.54, 1.807) is 19.2 Å². The molecule has 3 nitrogen and oxygen atoms in total. The summed E-state index contributed by atoms with van der Waals surface area (Å²) in [6.45, 7) is 2.94.